The Bertz CT molecular complexity index is 1260. The van der Waals surface area contributed by atoms with E-state index in [0.717, 1.165) is 50.5 Å². The number of nitrogen functional groups attached to an aromatic ring is 1. The summed E-state index contributed by atoms with van der Waals surface area (Å²) in [7, 11) is -3.79. The van der Waals surface area contributed by atoms with Crippen molar-refractivity contribution >= 4 is 40.1 Å². The maximum atomic E-state index is 13.8. The van der Waals surface area contributed by atoms with Gasteiger partial charge in [-0.1, -0.05) is 86.7 Å². The van der Waals surface area contributed by atoms with E-state index in [2.05, 4.69) is 15.4 Å². The lowest BCUT2D eigenvalue weighted by molar-refractivity contribution is -0.135. The summed E-state index contributed by atoms with van der Waals surface area (Å²) >= 11 is 0. The van der Waals surface area contributed by atoms with Crippen LogP contribution in [0.25, 0.3) is 0 Å². The van der Waals surface area contributed by atoms with Crippen molar-refractivity contribution in [3.63, 3.8) is 0 Å². The molecule has 218 valence electrons. The highest BCUT2D eigenvalue weighted by molar-refractivity contribution is 7.88. The number of nitrogens with two attached hydrogens (primary N) is 1. The normalized spacial score (nSPS) is 17.8. The molecule has 1 atom stereocenters. The van der Waals surface area contributed by atoms with Crippen LogP contribution < -0.4 is 21.1 Å². The summed E-state index contributed by atoms with van der Waals surface area (Å²) in [5.74, 6) is -1.05. The van der Waals surface area contributed by atoms with Gasteiger partial charge in [0.05, 0.1) is 5.75 Å². The first-order valence-corrected chi connectivity index (χ1v) is 15.4. The van der Waals surface area contributed by atoms with E-state index in [0.29, 0.717) is 24.0 Å². The van der Waals surface area contributed by atoms with Gasteiger partial charge in [0, 0.05) is 12.1 Å². The molecule has 2 aliphatic rings. The minimum absolute atomic E-state index is 0. The van der Waals surface area contributed by atoms with E-state index in [1.807, 2.05) is 6.07 Å². The highest BCUT2D eigenvalue weighted by Gasteiger charge is 2.45. The molecule has 0 unspecified atom stereocenters. The largest absolute Gasteiger partial charge is 0.384 e. The molecule has 2 amide bonds. The van der Waals surface area contributed by atoms with Gasteiger partial charge < -0.3 is 16.4 Å². The second-order valence-electron chi connectivity index (χ2n) is 10.8. The Balaban J connectivity index is 0.00000441. The van der Waals surface area contributed by atoms with E-state index in [9.17, 15) is 18.0 Å². The molecule has 2 saturated carbocycles. The molecule has 0 aromatic heterocycles. The van der Waals surface area contributed by atoms with Crippen LogP contribution in [0.5, 0.6) is 0 Å². The van der Waals surface area contributed by atoms with Crippen molar-refractivity contribution in [2.45, 2.75) is 81.7 Å². The lowest BCUT2D eigenvalue weighted by Crippen LogP contribution is -2.62. The van der Waals surface area contributed by atoms with Crippen LogP contribution in [0.15, 0.2) is 54.6 Å². The van der Waals surface area contributed by atoms with Crippen LogP contribution in [0.4, 0.5) is 0 Å². The van der Waals surface area contributed by atoms with Gasteiger partial charge in [-0.15, -0.1) is 12.4 Å². The summed E-state index contributed by atoms with van der Waals surface area (Å²) in [5.41, 5.74) is 6.54. The summed E-state index contributed by atoms with van der Waals surface area (Å²) in [5, 5.41) is 13.5. The number of hydrogen-bond donors (Lipinski definition) is 5. The first-order chi connectivity index (χ1) is 18.7. The smallest absolute Gasteiger partial charge is 0.246 e. The zero-order valence-corrected chi connectivity index (χ0v) is 24.3. The summed E-state index contributed by atoms with van der Waals surface area (Å²) in [4.78, 5) is 27.2. The average Bonchev–Trinajstić information content (AvgIpc) is 3.41. The van der Waals surface area contributed by atoms with Gasteiger partial charge in [-0.25, -0.2) is 13.1 Å². The van der Waals surface area contributed by atoms with Crippen molar-refractivity contribution in [3.8, 4) is 0 Å². The fourth-order valence-corrected chi connectivity index (χ4v) is 7.12. The van der Waals surface area contributed by atoms with E-state index in [1.54, 1.807) is 48.5 Å². The van der Waals surface area contributed by atoms with Gasteiger partial charge in [-0.05, 0) is 42.7 Å². The molecule has 0 aliphatic heterocycles. The molecular formula is C29H40ClN5O4S. The summed E-state index contributed by atoms with van der Waals surface area (Å²) in [6.45, 7) is 0.268. The minimum Gasteiger partial charge on any atom is -0.384 e. The number of carbonyl (C=O) groups is 2. The second kappa shape index (κ2) is 14.1. The topological polar surface area (TPSA) is 154 Å². The lowest BCUT2D eigenvalue weighted by atomic mass is 9.83. The van der Waals surface area contributed by atoms with Crippen LogP contribution in [-0.4, -0.2) is 37.6 Å². The summed E-state index contributed by atoms with van der Waals surface area (Å²) in [6.07, 6.45) is 7.10. The molecule has 2 fully saturated rings. The Morgan fingerprint density at radius 2 is 1.55 bits per heavy atom. The van der Waals surface area contributed by atoms with E-state index in [4.69, 9.17) is 11.1 Å². The van der Waals surface area contributed by atoms with Crippen LogP contribution in [0.1, 0.15) is 74.5 Å². The SMILES string of the molecule is Cl.N=C(N)c1ccc(CNC(=O)C2(NC(=O)[C@H](NS(=O)(=O)Cc3ccccc3)C3CCCCC3)CCCC2)cc1. The van der Waals surface area contributed by atoms with Crippen LogP contribution in [0.3, 0.4) is 0 Å². The standard InChI is InChI=1S/C29H39N5O4S.ClH/c30-26(31)24-15-13-21(14-16-24)19-32-28(36)29(17-7-8-18-29)33-27(35)25(23-11-5-2-6-12-23)34-39(37,38)20-22-9-3-1-4-10-22;/h1,3-4,9-10,13-16,23,25,34H,2,5-8,11-12,17-20H2,(H3,30,31)(H,32,36)(H,33,35);1H/t25-;/m1./s1. The van der Waals surface area contributed by atoms with Crippen molar-refractivity contribution in [2.75, 3.05) is 0 Å². The predicted molar refractivity (Wildman–Crippen MR) is 158 cm³/mol. The van der Waals surface area contributed by atoms with Gasteiger partial charge >= 0.3 is 0 Å². The van der Waals surface area contributed by atoms with Crippen LogP contribution >= 0.6 is 12.4 Å². The van der Waals surface area contributed by atoms with Gasteiger partial charge in [0.25, 0.3) is 0 Å². The monoisotopic (exact) mass is 589 g/mol. The van der Waals surface area contributed by atoms with Gasteiger partial charge in [0.2, 0.25) is 21.8 Å². The van der Waals surface area contributed by atoms with Crippen molar-refractivity contribution < 1.29 is 18.0 Å². The van der Waals surface area contributed by atoms with Crippen molar-refractivity contribution in [1.29, 1.82) is 5.41 Å². The molecule has 2 aromatic rings. The number of nitrogens with one attached hydrogen (secondary N) is 4. The lowest BCUT2D eigenvalue weighted by Gasteiger charge is -2.34. The first-order valence-electron chi connectivity index (χ1n) is 13.8. The maximum absolute atomic E-state index is 13.8. The van der Waals surface area contributed by atoms with E-state index in [-0.39, 0.29) is 42.4 Å². The Morgan fingerprint density at radius 1 is 0.925 bits per heavy atom. The number of rotatable bonds is 11. The van der Waals surface area contributed by atoms with Gasteiger partial charge in [-0.3, -0.25) is 15.0 Å². The molecule has 9 nitrogen and oxygen atoms in total. The fraction of sp³-hybridized carbons (Fsp3) is 0.483. The average molecular weight is 590 g/mol. The summed E-state index contributed by atoms with van der Waals surface area (Å²) in [6, 6.07) is 15.0. The van der Waals surface area contributed by atoms with Crippen molar-refractivity contribution in [2.24, 2.45) is 11.7 Å². The molecule has 0 spiro atoms. The van der Waals surface area contributed by atoms with Crippen LogP contribution in [-0.2, 0) is 31.9 Å². The third kappa shape index (κ3) is 8.28. The molecule has 6 N–H and O–H groups in total. The molecule has 4 rings (SSSR count). The minimum atomic E-state index is -3.79. The number of halogens is 1. The Hall–Kier alpha value is -2.95. The van der Waals surface area contributed by atoms with E-state index < -0.39 is 27.5 Å². The van der Waals surface area contributed by atoms with E-state index >= 15 is 0 Å². The zero-order chi connectivity index (χ0) is 27.9. The third-order valence-corrected chi connectivity index (χ3v) is 9.21. The fourth-order valence-electron chi connectivity index (χ4n) is 5.71. The van der Waals surface area contributed by atoms with Crippen molar-refractivity contribution in [3.05, 3.63) is 71.3 Å². The number of sulfonamides is 1. The number of hydrogen-bond acceptors (Lipinski definition) is 5. The van der Waals surface area contributed by atoms with Crippen molar-refractivity contribution in [1.82, 2.24) is 15.4 Å². The summed E-state index contributed by atoms with van der Waals surface area (Å²) < 4.78 is 29.0. The molecule has 40 heavy (non-hydrogen) atoms. The quantitative estimate of drug-likeness (QED) is 0.200. The molecule has 11 heteroatoms. The Kier molecular flexibility index (Phi) is 11.1. The second-order valence-corrected chi connectivity index (χ2v) is 12.6. The molecule has 2 aromatic carbocycles. The van der Waals surface area contributed by atoms with E-state index in [1.165, 1.54) is 0 Å². The number of carbonyl (C=O) groups excluding carboxylic acids is 2. The van der Waals surface area contributed by atoms with Gasteiger partial charge in [-0.2, -0.15) is 0 Å². The van der Waals surface area contributed by atoms with Crippen LogP contribution in [0, 0.1) is 11.3 Å². The van der Waals surface area contributed by atoms with Crippen LogP contribution in [0.2, 0.25) is 0 Å². The molecule has 2 aliphatic carbocycles. The van der Waals surface area contributed by atoms with Gasteiger partial charge in [0.1, 0.15) is 17.4 Å². The Morgan fingerprint density at radius 3 is 2.15 bits per heavy atom. The number of amides is 2. The highest BCUT2D eigenvalue weighted by atomic mass is 35.5. The zero-order valence-electron chi connectivity index (χ0n) is 22.7. The molecular weight excluding hydrogens is 550 g/mol. The number of benzene rings is 2. The molecule has 0 radical (unpaired) electrons. The highest BCUT2D eigenvalue weighted by Crippen LogP contribution is 2.32. The number of amidine groups is 1. The molecule has 0 heterocycles. The Labute approximate surface area is 243 Å². The first kappa shape index (κ1) is 31.6. The predicted octanol–water partition coefficient (Wildman–Crippen LogP) is 3.51. The maximum Gasteiger partial charge on any atom is 0.246 e. The molecule has 0 bridgehead atoms. The van der Waals surface area contributed by atoms with Gasteiger partial charge in [0.15, 0.2) is 0 Å². The third-order valence-electron chi connectivity index (χ3n) is 7.88. The molecule has 0 saturated heterocycles.